The first-order chi connectivity index (χ1) is 10.6. The van der Waals surface area contributed by atoms with Crippen molar-refractivity contribution in [3.63, 3.8) is 0 Å². The molecule has 2 aromatic rings. The normalized spacial score (nSPS) is 16.5. The van der Waals surface area contributed by atoms with Crippen LogP contribution in [0, 0.1) is 11.6 Å². The van der Waals surface area contributed by atoms with E-state index in [1.807, 2.05) is 36.1 Å². The van der Waals surface area contributed by atoms with Crippen molar-refractivity contribution in [3.8, 4) is 0 Å². The molecule has 1 unspecified atom stereocenters. The molecule has 3 nitrogen and oxygen atoms in total. The molecule has 1 N–H and O–H groups in total. The van der Waals surface area contributed by atoms with Gasteiger partial charge in [-0.15, -0.1) is 0 Å². The molecule has 0 radical (unpaired) electrons. The summed E-state index contributed by atoms with van der Waals surface area (Å²) in [5.74, 6) is -1.99. The number of benzene rings is 2. The number of fused-ring (bicyclic) bond motifs is 1. The van der Waals surface area contributed by atoms with E-state index in [4.69, 9.17) is 0 Å². The number of rotatable bonds is 3. The van der Waals surface area contributed by atoms with Gasteiger partial charge in [0.1, 0.15) is 17.3 Å². The van der Waals surface area contributed by atoms with Crippen LogP contribution in [0.2, 0.25) is 0 Å². The Morgan fingerprint density at radius 2 is 1.86 bits per heavy atom. The molecule has 0 saturated carbocycles. The Hall–Kier alpha value is -2.43. The third-order valence-electron chi connectivity index (χ3n) is 3.89. The van der Waals surface area contributed by atoms with Gasteiger partial charge in [-0.3, -0.25) is 4.79 Å². The Morgan fingerprint density at radius 1 is 1.18 bits per heavy atom. The molecule has 0 bridgehead atoms. The van der Waals surface area contributed by atoms with Gasteiger partial charge in [0.25, 0.3) is 0 Å². The molecule has 0 aliphatic carbocycles. The van der Waals surface area contributed by atoms with Crippen molar-refractivity contribution < 1.29 is 13.6 Å². The molecule has 0 aromatic heterocycles. The third-order valence-corrected chi connectivity index (χ3v) is 3.89. The van der Waals surface area contributed by atoms with Gasteiger partial charge in [-0.2, -0.15) is 0 Å². The Labute approximate surface area is 127 Å². The SMILES string of the molecule is CC1Cc2ccccc2N1CC(=O)Nc1c(F)cccc1F. The van der Waals surface area contributed by atoms with Crippen LogP contribution in [0.1, 0.15) is 12.5 Å². The van der Waals surface area contributed by atoms with Gasteiger partial charge in [-0.1, -0.05) is 24.3 Å². The molecule has 2 aromatic carbocycles. The number of anilines is 2. The number of carbonyl (C=O) groups excluding carboxylic acids is 1. The van der Waals surface area contributed by atoms with Gasteiger partial charge >= 0.3 is 0 Å². The second-order valence-electron chi connectivity index (χ2n) is 5.45. The molecule has 5 heteroatoms. The summed E-state index contributed by atoms with van der Waals surface area (Å²) in [4.78, 5) is 14.1. The predicted molar refractivity (Wildman–Crippen MR) is 81.9 cm³/mol. The fourth-order valence-corrected chi connectivity index (χ4v) is 2.82. The van der Waals surface area contributed by atoms with E-state index in [9.17, 15) is 13.6 Å². The van der Waals surface area contributed by atoms with E-state index < -0.39 is 23.2 Å². The van der Waals surface area contributed by atoms with Crippen molar-refractivity contribution >= 4 is 17.3 Å². The second kappa shape index (κ2) is 5.75. The van der Waals surface area contributed by atoms with Crippen LogP contribution in [0.3, 0.4) is 0 Å². The molecule has 1 aliphatic rings. The molecule has 114 valence electrons. The molecule has 1 heterocycles. The molecule has 22 heavy (non-hydrogen) atoms. The quantitative estimate of drug-likeness (QED) is 0.943. The van der Waals surface area contributed by atoms with Crippen LogP contribution in [-0.2, 0) is 11.2 Å². The van der Waals surface area contributed by atoms with Crippen LogP contribution in [0.25, 0.3) is 0 Å². The van der Waals surface area contributed by atoms with E-state index in [1.54, 1.807) is 0 Å². The Kier molecular flexibility index (Phi) is 3.79. The molecule has 0 spiro atoms. The highest BCUT2D eigenvalue weighted by Crippen LogP contribution is 2.31. The fraction of sp³-hybridized carbons (Fsp3) is 0.235. The maximum atomic E-state index is 13.6. The van der Waals surface area contributed by atoms with E-state index in [1.165, 1.54) is 11.6 Å². The first kappa shape index (κ1) is 14.5. The summed E-state index contributed by atoms with van der Waals surface area (Å²) in [5, 5.41) is 2.33. The van der Waals surface area contributed by atoms with E-state index >= 15 is 0 Å². The first-order valence-corrected chi connectivity index (χ1v) is 7.14. The van der Waals surface area contributed by atoms with Crippen molar-refractivity contribution in [2.24, 2.45) is 0 Å². The number of hydrogen-bond acceptors (Lipinski definition) is 2. The van der Waals surface area contributed by atoms with Gasteiger partial charge in [0.15, 0.2) is 0 Å². The maximum absolute atomic E-state index is 13.6. The number of carbonyl (C=O) groups is 1. The molecule has 1 amide bonds. The summed E-state index contributed by atoms with van der Waals surface area (Å²) in [6, 6.07) is 11.5. The highest BCUT2D eigenvalue weighted by molar-refractivity contribution is 5.94. The molecular formula is C17H16F2N2O. The van der Waals surface area contributed by atoms with Crippen LogP contribution >= 0.6 is 0 Å². The van der Waals surface area contributed by atoms with E-state index in [2.05, 4.69) is 5.32 Å². The molecule has 0 fully saturated rings. The van der Waals surface area contributed by atoms with Gasteiger partial charge in [0, 0.05) is 11.7 Å². The monoisotopic (exact) mass is 302 g/mol. The van der Waals surface area contributed by atoms with Crippen LogP contribution in [-0.4, -0.2) is 18.5 Å². The number of nitrogens with one attached hydrogen (secondary N) is 1. The summed E-state index contributed by atoms with van der Waals surface area (Å²) >= 11 is 0. The lowest BCUT2D eigenvalue weighted by Crippen LogP contribution is -2.37. The Morgan fingerprint density at radius 3 is 2.59 bits per heavy atom. The van der Waals surface area contributed by atoms with Crippen LogP contribution in [0.5, 0.6) is 0 Å². The lowest BCUT2D eigenvalue weighted by atomic mass is 10.1. The number of nitrogens with zero attached hydrogens (tertiary/aromatic N) is 1. The minimum absolute atomic E-state index is 0.0615. The van der Waals surface area contributed by atoms with Gasteiger partial charge < -0.3 is 10.2 Å². The summed E-state index contributed by atoms with van der Waals surface area (Å²) in [5.41, 5.74) is 1.78. The Balaban J connectivity index is 1.75. The average molecular weight is 302 g/mol. The van der Waals surface area contributed by atoms with Crippen LogP contribution < -0.4 is 10.2 Å². The van der Waals surface area contributed by atoms with Gasteiger partial charge in [-0.05, 0) is 37.1 Å². The highest BCUT2D eigenvalue weighted by Gasteiger charge is 2.27. The van der Waals surface area contributed by atoms with Crippen LogP contribution in [0.15, 0.2) is 42.5 Å². The van der Waals surface area contributed by atoms with Crippen molar-refractivity contribution in [2.45, 2.75) is 19.4 Å². The smallest absolute Gasteiger partial charge is 0.244 e. The number of amides is 1. The zero-order valence-corrected chi connectivity index (χ0v) is 12.1. The summed E-state index contributed by atoms with van der Waals surface area (Å²) < 4.78 is 27.1. The molecular weight excluding hydrogens is 286 g/mol. The van der Waals surface area contributed by atoms with Gasteiger partial charge in [0.2, 0.25) is 5.91 Å². The number of halogens is 2. The van der Waals surface area contributed by atoms with E-state index in [0.29, 0.717) is 0 Å². The zero-order chi connectivity index (χ0) is 15.7. The van der Waals surface area contributed by atoms with Crippen molar-refractivity contribution in [3.05, 3.63) is 59.7 Å². The van der Waals surface area contributed by atoms with Crippen LogP contribution in [0.4, 0.5) is 20.2 Å². The highest BCUT2D eigenvalue weighted by atomic mass is 19.1. The first-order valence-electron chi connectivity index (χ1n) is 7.14. The van der Waals surface area contributed by atoms with Gasteiger partial charge in [-0.25, -0.2) is 8.78 Å². The summed E-state index contributed by atoms with van der Waals surface area (Å²) in [7, 11) is 0. The minimum Gasteiger partial charge on any atom is -0.359 e. The van der Waals surface area contributed by atoms with Crippen molar-refractivity contribution in [2.75, 3.05) is 16.8 Å². The fourth-order valence-electron chi connectivity index (χ4n) is 2.82. The molecule has 1 aliphatic heterocycles. The van der Waals surface area contributed by atoms with Crippen molar-refractivity contribution in [1.29, 1.82) is 0 Å². The van der Waals surface area contributed by atoms with E-state index in [-0.39, 0.29) is 12.6 Å². The standard InChI is InChI=1S/C17H16F2N2O/c1-11-9-12-5-2-3-8-15(12)21(11)10-16(22)20-17-13(18)6-4-7-14(17)19/h2-8,11H,9-10H2,1H3,(H,20,22). The number of hydrogen-bond donors (Lipinski definition) is 1. The number of para-hydroxylation sites is 2. The lowest BCUT2D eigenvalue weighted by Gasteiger charge is -2.24. The average Bonchev–Trinajstić information content (AvgIpc) is 2.79. The second-order valence-corrected chi connectivity index (χ2v) is 5.45. The van der Waals surface area contributed by atoms with Gasteiger partial charge in [0.05, 0.1) is 6.54 Å². The zero-order valence-electron chi connectivity index (χ0n) is 12.1. The molecule has 0 saturated heterocycles. The topological polar surface area (TPSA) is 32.3 Å². The van der Waals surface area contributed by atoms with Crippen molar-refractivity contribution in [1.82, 2.24) is 0 Å². The molecule has 3 rings (SSSR count). The van der Waals surface area contributed by atoms with E-state index in [0.717, 1.165) is 24.2 Å². The third kappa shape index (κ3) is 2.66. The minimum atomic E-state index is -0.775. The Bertz CT molecular complexity index is 697. The predicted octanol–water partition coefficient (Wildman–Crippen LogP) is 3.35. The largest absolute Gasteiger partial charge is 0.359 e. The summed E-state index contributed by atoms with van der Waals surface area (Å²) in [6.45, 7) is 2.09. The lowest BCUT2D eigenvalue weighted by molar-refractivity contribution is -0.115. The summed E-state index contributed by atoms with van der Waals surface area (Å²) in [6.07, 6.45) is 0.859. The molecule has 1 atom stereocenters. The maximum Gasteiger partial charge on any atom is 0.244 e.